The summed E-state index contributed by atoms with van der Waals surface area (Å²) in [6.45, 7) is 3.23. The molecule has 0 saturated heterocycles. The first kappa shape index (κ1) is 16.0. The lowest BCUT2D eigenvalue weighted by molar-refractivity contribution is -0.120. The largest absolute Gasteiger partial charge is 0.492 e. The van der Waals surface area contributed by atoms with Crippen molar-refractivity contribution >= 4 is 11.9 Å². The Morgan fingerprint density at radius 2 is 1.90 bits per heavy atom. The first-order valence-corrected chi connectivity index (χ1v) is 6.41. The molecule has 1 rings (SSSR count). The summed E-state index contributed by atoms with van der Waals surface area (Å²) in [5, 5.41) is 4.53. The van der Waals surface area contributed by atoms with E-state index in [-0.39, 0.29) is 12.5 Å². The molecule has 0 aliphatic rings. The summed E-state index contributed by atoms with van der Waals surface area (Å²) in [7, 11) is 3.25. The lowest BCUT2D eigenvalue weighted by atomic mass is 10.2. The van der Waals surface area contributed by atoms with E-state index in [2.05, 4.69) is 10.6 Å². The van der Waals surface area contributed by atoms with Gasteiger partial charge in [0.1, 0.15) is 12.4 Å². The van der Waals surface area contributed by atoms with Crippen LogP contribution in [0.4, 0.5) is 4.79 Å². The fraction of sp³-hybridized carbons (Fsp3) is 0.429. The van der Waals surface area contributed by atoms with Crippen LogP contribution >= 0.6 is 0 Å². The van der Waals surface area contributed by atoms with Crippen molar-refractivity contribution in [3.8, 4) is 5.75 Å². The van der Waals surface area contributed by atoms with E-state index in [4.69, 9.17) is 4.74 Å². The van der Waals surface area contributed by atoms with Gasteiger partial charge >= 0.3 is 6.03 Å². The molecule has 1 aromatic rings. The van der Waals surface area contributed by atoms with Crippen LogP contribution in [0.25, 0.3) is 0 Å². The number of carbonyl (C=O) groups excluding carboxylic acids is 2. The molecule has 0 fully saturated rings. The first-order valence-electron chi connectivity index (χ1n) is 6.41. The number of amides is 3. The van der Waals surface area contributed by atoms with Crippen molar-refractivity contribution in [2.24, 2.45) is 0 Å². The van der Waals surface area contributed by atoms with Crippen LogP contribution in [0, 0.1) is 6.92 Å². The summed E-state index contributed by atoms with van der Waals surface area (Å²) in [4.78, 5) is 24.2. The Hall–Kier alpha value is -2.08. The Bertz CT molecular complexity index is 445. The molecule has 3 amide bonds. The lowest BCUT2D eigenvalue weighted by Crippen LogP contribution is -2.43. The van der Waals surface area contributed by atoms with E-state index in [0.29, 0.717) is 13.2 Å². The molecule has 0 aliphatic carbocycles. The Morgan fingerprint density at radius 1 is 1.25 bits per heavy atom. The average Bonchev–Trinajstić information content (AvgIpc) is 2.40. The second-order valence-corrected chi connectivity index (χ2v) is 4.53. The number of benzene rings is 1. The second-order valence-electron chi connectivity index (χ2n) is 4.53. The topological polar surface area (TPSA) is 70.7 Å². The van der Waals surface area contributed by atoms with Gasteiger partial charge in [-0.25, -0.2) is 4.79 Å². The van der Waals surface area contributed by atoms with E-state index in [1.165, 1.54) is 12.6 Å². The second kappa shape index (κ2) is 8.16. The SMILES string of the molecule is CNC(=O)NC(=O)CN(C)CCOc1ccc(C)cc1. The Balaban J connectivity index is 2.22. The van der Waals surface area contributed by atoms with E-state index in [1.807, 2.05) is 31.2 Å². The third-order valence-corrected chi connectivity index (χ3v) is 2.66. The van der Waals surface area contributed by atoms with Crippen molar-refractivity contribution < 1.29 is 14.3 Å². The molecule has 6 heteroatoms. The Labute approximate surface area is 119 Å². The number of likely N-dealkylation sites (N-methyl/N-ethyl adjacent to an activating group) is 1. The highest BCUT2D eigenvalue weighted by Crippen LogP contribution is 2.10. The number of rotatable bonds is 6. The standard InChI is InChI=1S/C14H21N3O3/c1-11-4-6-12(7-5-11)20-9-8-17(3)10-13(18)16-14(19)15-2/h4-7H,8-10H2,1-3H3,(H2,15,16,18,19). The van der Waals surface area contributed by atoms with Crippen LogP contribution in [0.15, 0.2) is 24.3 Å². The predicted octanol–water partition coefficient (Wildman–Crippen LogP) is 0.761. The zero-order valence-electron chi connectivity index (χ0n) is 12.1. The molecule has 0 unspecified atom stereocenters. The van der Waals surface area contributed by atoms with Crippen molar-refractivity contribution in [2.75, 3.05) is 33.8 Å². The molecule has 2 N–H and O–H groups in total. The summed E-state index contributed by atoms with van der Waals surface area (Å²) in [6, 6.07) is 7.28. The van der Waals surface area contributed by atoms with Gasteiger partial charge in [0, 0.05) is 13.6 Å². The summed E-state index contributed by atoms with van der Waals surface area (Å²) >= 11 is 0. The van der Waals surface area contributed by atoms with Gasteiger partial charge in [0.2, 0.25) is 5.91 Å². The number of hydrogen-bond donors (Lipinski definition) is 2. The molecule has 0 atom stereocenters. The van der Waals surface area contributed by atoms with Gasteiger partial charge in [-0.2, -0.15) is 0 Å². The molecule has 20 heavy (non-hydrogen) atoms. The number of urea groups is 1. The van der Waals surface area contributed by atoms with Crippen LogP contribution in [0.2, 0.25) is 0 Å². The summed E-state index contributed by atoms with van der Waals surface area (Å²) in [5.74, 6) is 0.459. The maximum absolute atomic E-state index is 11.4. The van der Waals surface area contributed by atoms with Crippen molar-refractivity contribution in [3.63, 3.8) is 0 Å². The number of nitrogens with one attached hydrogen (secondary N) is 2. The van der Waals surface area contributed by atoms with Gasteiger partial charge in [0.15, 0.2) is 0 Å². The molecule has 6 nitrogen and oxygen atoms in total. The van der Waals surface area contributed by atoms with Crippen LogP contribution in [0.1, 0.15) is 5.56 Å². The molecule has 0 spiro atoms. The molecule has 0 heterocycles. The predicted molar refractivity (Wildman–Crippen MR) is 76.8 cm³/mol. The zero-order valence-corrected chi connectivity index (χ0v) is 12.1. The highest BCUT2D eigenvalue weighted by Gasteiger charge is 2.09. The molecule has 0 bridgehead atoms. The van der Waals surface area contributed by atoms with Gasteiger partial charge < -0.3 is 10.1 Å². The normalized spacial score (nSPS) is 10.2. The molecule has 110 valence electrons. The fourth-order valence-electron chi connectivity index (χ4n) is 1.51. The zero-order chi connectivity index (χ0) is 15.0. The van der Waals surface area contributed by atoms with E-state index in [9.17, 15) is 9.59 Å². The van der Waals surface area contributed by atoms with Gasteiger partial charge in [-0.1, -0.05) is 17.7 Å². The van der Waals surface area contributed by atoms with Crippen LogP contribution in [0.3, 0.4) is 0 Å². The lowest BCUT2D eigenvalue weighted by Gasteiger charge is -2.16. The minimum atomic E-state index is -0.501. The van der Waals surface area contributed by atoms with Crippen LogP contribution in [-0.2, 0) is 4.79 Å². The van der Waals surface area contributed by atoms with E-state index < -0.39 is 6.03 Å². The Kier molecular flexibility index (Phi) is 6.52. The van der Waals surface area contributed by atoms with Gasteiger partial charge in [-0.3, -0.25) is 15.0 Å². The highest BCUT2D eigenvalue weighted by atomic mass is 16.5. The number of ether oxygens (including phenoxy) is 1. The third-order valence-electron chi connectivity index (χ3n) is 2.66. The third kappa shape index (κ3) is 6.19. The Morgan fingerprint density at radius 3 is 2.50 bits per heavy atom. The fourth-order valence-corrected chi connectivity index (χ4v) is 1.51. The highest BCUT2D eigenvalue weighted by molar-refractivity contribution is 5.95. The number of aryl methyl sites for hydroxylation is 1. The molecule has 0 aromatic heterocycles. The molecular weight excluding hydrogens is 258 g/mol. The van der Waals surface area contributed by atoms with Gasteiger partial charge in [-0.15, -0.1) is 0 Å². The van der Waals surface area contributed by atoms with E-state index in [0.717, 1.165) is 5.75 Å². The smallest absolute Gasteiger partial charge is 0.321 e. The summed E-state index contributed by atoms with van der Waals surface area (Å²) in [5.41, 5.74) is 1.18. The first-order chi connectivity index (χ1) is 9.51. The van der Waals surface area contributed by atoms with Crippen LogP contribution < -0.4 is 15.4 Å². The van der Waals surface area contributed by atoms with Gasteiger partial charge in [0.05, 0.1) is 6.54 Å². The quantitative estimate of drug-likeness (QED) is 0.806. The number of imide groups is 1. The molecular formula is C14H21N3O3. The van der Waals surface area contributed by atoms with Gasteiger partial charge in [0.25, 0.3) is 0 Å². The minimum absolute atomic E-state index is 0.144. The average molecular weight is 279 g/mol. The number of nitrogens with zero attached hydrogens (tertiary/aromatic N) is 1. The van der Waals surface area contributed by atoms with Crippen LogP contribution in [0.5, 0.6) is 5.75 Å². The van der Waals surface area contributed by atoms with Crippen molar-refractivity contribution in [1.29, 1.82) is 0 Å². The minimum Gasteiger partial charge on any atom is -0.492 e. The summed E-state index contributed by atoms with van der Waals surface area (Å²) in [6.07, 6.45) is 0. The van der Waals surface area contributed by atoms with E-state index in [1.54, 1.807) is 11.9 Å². The maximum atomic E-state index is 11.4. The molecule has 0 saturated carbocycles. The van der Waals surface area contributed by atoms with Crippen LogP contribution in [-0.4, -0.2) is 50.6 Å². The number of hydrogen-bond acceptors (Lipinski definition) is 4. The molecule has 1 aromatic carbocycles. The number of carbonyl (C=O) groups is 2. The van der Waals surface area contributed by atoms with Crippen molar-refractivity contribution in [1.82, 2.24) is 15.5 Å². The van der Waals surface area contributed by atoms with E-state index >= 15 is 0 Å². The van der Waals surface area contributed by atoms with Crippen molar-refractivity contribution in [3.05, 3.63) is 29.8 Å². The maximum Gasteiger partial charge on any atom is 0.321 e. The van der Waals surface area contributed by atoms with Gasteiger partial charge in [-0.05, 0) is 26.1 Å². The molecule has 0 radical (unpaired) electrons. The summed E-state index contributed by atoms with van der Waals surface area (Å²) < 4.78 is 5.56. The van der Waals surface area contributed by atoms with Crippen molar-refractivity contribution in [2.45, 2.75) is 6.92 Å². The monoisotopic (exact) mass is 279 g/mol. The molecule has 0 aliphatic heterocycles.